The Bertz CT molecular complexity index is 664. The molecule has 98 valence electrons. The van der Waals surface area contributed by atoms with Crippen molar-refractivity contribution >= 4 is 5.82 Å². The molecule has 19 heavy (non-hydrogen) atoms. The minimum absolute atomic E-state index is 0.0379. The second-order valence-corrected chi connectivity index (χ2v) is 4.88. The van der Waals surface area contributed by atoms with Crippen molar-refractivity contribution in [1.82, 2.24) is 9.55 Å². The molecule has 2 atom stereocenters. The first-order valence-corrected chi connectivity index (χ1v) is 6.28. The Balaban J connectivity index is 1.96. The van der Waals surface area contributed by atoms with Crippen molar-refractivity contribution in [1.29, 1.82) is 0 Å². The van der Waals surface area contributed by atoms with Crippen LogP contribution in [0.4, 0.5) is 5.82 Å². The number of anilines is 1. The van der Waals surface area contributed by atoms with E-state index in [1.165, 1.54) is 10.1 Å². The molecular formula is C14H16N4O. The Morgan fingerprint density at radius 2 is 2.21 bits per heavy atom. The fraction of sp³-hybridized carbons (Fsp3) is 0.286. The number of hydrogen-bond acceptors (Lipinski definition) is 4. The quantitative estimate of drug-likeness (QED) is 0.834. The van der Waals surface area contributed by atoms with Crippen molar-refractivity contribution in [2.75, 3.05) is 5.32 Å². The predicted molar refractivity (Wildman–Crippen MR) is 74.0 cm³/mol. The maximum absolute atomic E-state index is 12.0. The summed E-state index contributed by atoms with van der Waals surface area (Å²) in [5, 5.41) is 3.19. The summed E-state index contributed by atoms with van der Waals surface area (Å²) in [4.78, 5) is 16.1. The highest BCUT2D eigenvalue weighted by Gasteiger charge is 2.30. The van der Waals surface area contributed by atoms with Crippen LogP contribution in [-0.2, 0) is 13.5 Å². The van der Waals surface area contributed by atoms with Crippen LogP contribution in [0, 0.1) is 0 Å². The van der Waals surface area contributed by atoms with E-state index in [-0.39, 0.29) is 17.6 Å². The Labute approximate surface area is 111 Å². The minimum atomic E-state index is -0.140. The van der Waals surface area contributed by atoms with E-state index in [4.69, 9.17) is 5.73 Å². The van der Waals surface area contributed by atoms with E-state index in [9.17, 15) is 4.79 Å². The fourth-order valence-corrected chi connectivity index (χ4v) is 2.55. The molecule has 1 aromatic carbocycles. The summed E-state index contributed by atoms with van der Waals surface area (Å²) in [6.07, 6.45) is 4.06. The highest BCUT2D eigenvalue weighted by molar-refractivity contribution is 5.44. The third-order valence-electron chi connectivity index (χ3n) is 3.58. The van der Waals surface area contributed by atoms with Gasteiger partial charge < -0.3 is 15.6 Å². The van der Waals surface area contributed by atoms with Crippen molar-refractivity contribution in [3.8, 4) is 0 Å². The highest BCUT2D eigenvalue weighted by Crippen LogP contribution is 2.31. The van der Waals surface area contributed by atoms with E-state index in [1.54, 1.807) is 19.4 Å². The van der Waals surface area contributed by atoms with Crippen LogP contribution in [0.3, 0.4) is 0 Å². The van der Waals surface area contributed by atoms with Crippen molar-refractivity contribution in [3.05, 3.63) is 58.1 Å². The molecule has 1 aliphatic rings. The lowest BCUT2D eigenvalue weighted by Gasteiger charge is -2.19. The van der Waals surface area contributed by atoms with Crippen molar-refractivity contribution < 1.29 is 0 Å². The van der Waals surface area contributed by atoms with Gasteiger partial charge in [-0.3, -0.25) is 4.79 Å². The van der Waals surface area contributed by atoms with Crippen LogP contribution in [0.2, 0.25) is 0 Å². The third-order valence-corrected chi connectivity index (χ3v) is 3.58. The number of nitrogens with one attached hydrogen (secondary N) is 1. The SMILES string of the molecule is Cn1ccnc(NC2c3ccccc3CC2N)c1=O. The molecule has 3 N–H and O–H groups in total. The van der Waals surface area contributed by atoms with Gasteiger partial charge in [0.05, 0.1) is 6.04 Å². The van der Waals surface area contributed by atoms with E-state index < -0.39 is 0 Å². The number of hydrogen-bond donors (Lipinski definition) is 2. The van der Waals surface area contributed by atoms with Gasteiger partial charge in [0, 0.05) is 25.5 Å². The Morgan fingerprint density at radius 3 is 3.05 bits per heavy atom. The van der Waals surface area contributed by atoms with E-state index in [0.29, 0.717) is 5.82 Å². The number of rotatable bonds is 2. The summed E-state index contributed by atoms with van der Waals surface area (Å²) in [6, 6.07) is 8.03. The van der Waals surface area contributed by atoms with E-state index in [2.05, 4.69) is 16.4 Å². The number of aromatic nitrogens is 2. The van der Waals surface area contributed by atoms with Gasteiger partial charge in [-0.2, -0.15) is 0 Å². The molecule has 0 amide bonds. The van der Waals surface area contributed by atoms with Crippen LogP contribution in [-0.4, -0.2) is 15.6 Å². The second kappa shape index (κ2) is 4.51. The van der Waals surface area contributed by atoms with Crippen molar-refractivity contribution in [2.45, 2.75) is 18.5 Å². The zero-order chi connectivity index (χ0) is 13.4. The molecule has 3 rings (SSSR count). The standard InChI is InChI=1S/C14H16N4O/c1-18-7-6-16-13(14(18)19)17-12-10-5-3-2-4-9(10)8-11(12)15/h2-7,11-12H,8,15H2,1H3,(H,16,17). The van der Waals surface area contributed by atoms with Crippen LogP contribution >= 0.6 is 0 Å². The van der Waals surface area contributed by atoms with Crippen LogP contribution in [0.15, 0.2) is 41.5 Å². The van der Waals surface area contributed by atoms with Gasteiger partial charge in [-0.05, 0) is 17.5 Å². The number of fused-ring (bicyclic) bond motifs is 1. The molecule has 0 aliphatic heterocycles. The van der Waals surface area contributed by atoms with E-state index in [0.717, 1.165) is 12.0 Å². The van der Waals surface area contributed by atoms with Crippen LogP contribution < -0.4 is 16.6 Å². The Hall–Kier alpha value is -2.14. The zero-order valence-corrected chi connectivity index (χ0v) is 10.7. The van der Waals surface area contributed by atoms with Gasteiger partial charge in [0.25, 0.3) is 5.56 Å². The summed E-state index contributed by atoms with van der Waals surface area (Å²) in [6.45, 7) is 0. The molecule has 0 saturated carbocycles. The largest absolute Gasteiger partial charge is 0.357 e. The average Bonchev–Trinajstić information content (AvgIpc) is 2.72. The molecule has 1 heterocycles. The lowest BCUT2D eigenvalue weighted by atomic mass is 10.1. The number of aryl methyl sites for hydroxylation is 1. The molecule has 2 unspecified atom stereocenters. The van der Waals surface area contributed by atoms with Gasteiger partial charge in [0.1, 0.15) is 0 Å². The summed E-state index contributed by atoms with van der Waals surface area (Å²) < 4.78 is 1.50. The minimum Gasteiger partial charge on any atom is -0.357 e. The van der Waals surface area contributed by atoms with Gasteiger partial charge in [0.15, 0.2) is 5.82 Å². The fourth-order valence-electron chi connectivity index (χ4n) is 2.55. The second-order valence-electron chi connectivity index (χ2n) is 4.88. The number of benzene rings is 1. The molecule has 5 nitrogen and oxygen atoms in total. The van der Waals surface area contributed by atoms with E-state index in [1.807, 2.05) is 18.2 Å². The highest BCUT2D eigenvalue weighted by atomic mass is 16.1. The smallest absolute Gasteiger partial charge is 0.293 e. The molecule has 0 radical (unpaired) electrons. The first-order chi connectivity index (χ1) is 9.16. The molecular weight excluding hydrogens is 240 g/mol. The van der Waals surface area contributed by atoms with Crippen molar-refractivity contribution in [2.24, 2.45) is 12.8 Å². The van der Waals surface area contributed by atoms with Gasteiger partial charge >= 0.3 is 0 Å². The summed E-state index contributed by atoms with van der Waals surface area (Å²) in [5.74, 6) is 0.349. The Morgan fingerprint density at radius 1 is 1.42 bits per heavy atom. The third kappa shape index (κ3) is 2.02. The maximum atomic E-state index is 12.0. The summed E-state index contributed by atoms with van der Waals surface area (Å²) >= 11 is 0. The summed E-state index contributed by atoms with van der Waals surface area (Å²) in [5.41, 5.74) is 8.42. The monoisotopic (exact) mass is 256 g/mol. The van der Waals surface area contributed by atoms with Gasteiger partial charge in [0.2, 0.25) is 0 Å². The van der Waals surface area contributed by atoms with E-state index >= 15 is 0 Å². The molecule has 0 bridgehead atoms. The molecule has 0 saturated heterocycles. The molecule has 2 aromatic rings. The zero-order valence-electron chi connectivity index (χ0n) is 10.7. The van der Waals surface area contributed by atoms with Crippen LogP contribution in [0.5, 0.6) is 0 Å². The van der Waals surface area contributed by atoms with Crippen LogP contribution in [0.25, 0.3) is 0 Å². The lowest BCUT2D eigenvalue weighted by Crippen LogP contribution is -2.33. The lowest BCUT2D eigenvalue weighted by molar-refractivity contribution is 0.621. The molecule has 0 fully saturated rings. The van der Waals surface area contributed by atoms with Gasteiger partial charge in [-0.1, -0.05) is 24.3 Å². The number of nitrogens with two attached hydrogens (primary N) is 1. The van der Waals surface area contributed by atoms with Crippen LogP contribution in [0.1, 0.15) is 17.2 Å². The molecule has 5 heteroatoms. The van der Waals surface area contributed by atoms with Gasteiger partial charge in [-0.25, -0.2) is 4.98 Å². The van der Waals surface area contributed by atoms with Gasteiger partial charge in [-0.15, -0.1) is 0 Å². The molecule has 0 spiro atoms. The summed E-state index contributed by atoms with van der Waals surface area (Å²) in [7, 11) is 1.71. The van der Waals surface area contributed by atoms with Crippen molar-refractivity contribution in [3.63, 3.8) is 0 Å². The molecule has 1 aromatic heterocycles. The average molecular weight is 256 g/mol. The first-order valence-electron chi connectivity index (χ1n) is 6.28. The first kappa shape index (κ1) is 11.9. The predicted octanol–water partition coefficient (Wildman–Crippen LogP) is 0.817. The molecule has 1 aliphatic carbocycles. The normalized spacial score (nSPS) is 21.2. The number of nitrogens with zero attached hydrogens (tertiary/aromatic N) is 2. The maximum Gasteiger partial charge on any atom is 0.293 e. The Kier molecular flexibility index (Phi) is 2.83. The topological polar surface area (TPSA) is 72.9 Å².